The Morgan fingerprint density at radius 3 is 3.00 bits per heavy atom. The molecule has 1 aliphatic rings. The third-order valence-electron chi connectivity index (χ3n) is 3.54. The molecule has 1 saturated carbocycles. The Balaban J connectivity index is 2.00. The molecule has 2 aromatic heterocycles. The number of hydrogen-bond donors (Lipinski definition) is 2. The number of carboxylic acids is 1. The van der Waals surface area contributed by atoms with Crippen molar-refractivity contribution < 1.29 is 9.90 Å². The molecular weight excluding hydrogens is 232 g/mol. The minimum Gasteiger partial charge on any atom is -0.480 e. The second kappa shape index (κ2) is 3.69. The van der Waals surface area contributed by atoms with E-state index in [9.17, 15) is 9.90 Å². The van der Waals surface area contributed by atoms with Crippen molar-refractivity contribution >= 4 is 17.3 Å². The minimum absolute atomic E-state index is 0.167. The number of aromatic nitrogens is 3. The predicted octanol–water partition coefficient (Wildman–Crippen LogP) is 1.39. The van der Waals surface area contributed by atoms with Crippen LogP contribution in [0.1, 0.15) is 19.8 Å². The largest absolute Gasteiger partial charge is 0.480 e. The molecular formula is C12H14N4O2. The van der Waals surface area contributed by atoms with Crippen molar-refractivity contribution in [3.8, 4) is 0 Å². The molecule has 0 saturated heterocycles. The highest BCUT2D eigenvalue weighted by atomic mass is 16.4. The lowest BCUT2D eigenvalue weighted by Gasteiger charge is -2.26. The lowest BCUT2D eigenvalue weighted by Crippen LogP contribution is -2.45. The summed E-state index contributed by atoms with van der Waals surface area (Å²) < 4.78 is 1.67. The first kappa shape index (κ1) is 11.0. The van der Waals surface area contributed by atoms with E-state index in [1.165, 1.54) is 0 Å². The molecule has 0 aliphatic heterocycles. The van der Waals surface area contributed by atoms with Gasteiger partial charge in [0.15, 0.2) is 5.82 Å². The van der Waals surface area contributed by atoms with E-state index in [1.807, 2.05) is 6.07 Å². The van der Waals surface area contributed by atoms with Gasteiger partial charge in [-0.2, -0.15) is 5.10 Å². The molecule has 6 nitrogen and oxygen atoms in total. The number of nitrogens with one attached hydrogen (secondary N) is 1. The van der Waals surface area contributed by atoms with E-state index < -0.39 is 11.5 Å². The van der Waals surface area contributed by atoms with Crippen LogP contribution in [0, 0.1) is 5.92 Å². The van der Waals surface area contributed by atoms with E-state index >= 15 is 0 Å². The van der Waals surface area contributed by atoms with Crippen LogP contribution in [0.5, 0.6) is 0 Å². The molecule has 94 valence electrons. The first-order valence-corrected chi connectivity index (χ1v) is 5.91. The summed E-state index contributed by atoms with van der Waals surface area (Å²) in [5.74, 6) is -0.111. The Morgan fingerprint density at radius 1 is 1.56 bits per heavy atom. The molecule has 1 fully saturated rings. The summed E-state index contributed by atoms with van der Waals surface area (Å²) in [6.45, 7) is 1.72. The number of rotatable bonds is 4. The number of nitrogens with zero attached hydrogens (tertiary/aromatic N) is 3. The van der Waals surface area contributed by atoms with Crippen molar-refractivity contribution in [2.24, 2.45) is 5.92 Å². The fourth-order valence-electron chi connectivity index (χ4n) is 2.19. The van der Waals surface area contributed by atoms with E-state index in [0.29, 0.717) is 5.82 Å². The van der Waals surface area contributed by atoms with Gasteiger partial charge in [0, 0.05) is 12.4 Å². The lowest BCUT2D eigenvalue weighted by molar-refractivity contribution is -0.142. The van der Waals surface area contributed by atoms with Crippen LogP contribution in [0.4, 0.5) is 5.82 Å². The highest BCUT2D eigenvalue weighted by Gasteiger charge is 2.48. The Morgan fingerprint density at radius 2 is 2.33 bits per heavy atom. The molecule has 0 radical (unpaired) electrons. The maximum absolute atomic E-state index is 11.5. The van der Waals surface area contributed by atoms with Gasteiger partial charge in [-0.25, -0.2) is 14.3 Å². The SMILES string of the molecule is CC(Nc1nccn2nccc12)(C(=O)O)C1CC1. The Kier molecular flexibility index (Phi) is 2.26. The van der Waals surface area contributed by atoms with Crippen LogP contribution in [-0.2, 0) is 4.79 Å². The first-order chi connectivity index (χ1) is 8.61. The number of anilines is 1. The average molecular weight is 246 g/mol. The number of aliphatic carboxylic acids is 1. The molecule has 0 amide bonds. The molecule has 0 bridgehead atoms. The molecule has 2 aromatic rings. The van der Waals surface area contributed by atoms with Crippen LogP contribution in [-0.4, -0.2) is 31.2 Å². The van der Waals surface area contributed by atoms with Gasteiger partial charge < -0.3 is 10.4 Å². The smallest absolute Gasteiger partial charge is 0.329 e. The van der Waals surface area contributed by atoms with Gasteiger partial charge in [0.1, 0.15) is 11.1 Å². The Labute approximate surface area is 104 Å². The molecule has 1 atom stereocenters. The summed E-state index contributed by atoms with van der Waals surface area (Å²) in [4.78, 5) is 15.7. The zero-order valence-electron chi connectivity index (χ0n) is 10.00. The maximum atomic E-state index is 11.5. The quantitative estimate of drug-likeness (QED) is 0.852. The summed E-state index contributed by atoms with van der Waals surface area (Å²) in [7, 11) is 0. The third-order valence-corrected chi connectivity index (χ3v) is 3.54. The van der Waals surface area contributed by atoms with Crippen molar-refractivity contribution in [3.63, 3.8) is 0 Å². The molecule has 18 heavy (non-hydrogen) atoms. The van der Waals surface area contributed by atoms with Crippen molar-refractivity contribution in [1.82, 2.24) is 14.6 Å². The topological polar surface area (TPSA) is 79.5 Å². The van der Waals surface area contributed by atoms with Gasteiger partial charge in [0.25, 0.3) is 0 Å². The lowest BCUT2D eigenvalue weighted by atomic mass is 9.96. The van der Waals surface area contributed by atoms with Crippen LogP contribution in [0.15, 0.2) is 24.7 Å². The molecule has 1 aliphatic carbocycles. The van der Waals surface area contributed by atoms with Gasteiger partial charge in [-0.3, -0.25) is 0 Å². The average Bonchev–Trinajstić information content (AvgIpc) is 3.08. The van der Waals surface area contributed by atoms with E-state index in [0.717, 1.165) is 18.4 Å². The number of fused-ring (bicyclic) bond motifs is 1. The second-order valence-corrected chi connectivity index (χ2v) is 4.84. The molecule has 1 unspecified atom stereocenters. The van der Waals surface area contributed by atoms with Gasteiger partial charge in [-0.05, 0) is 31.7 Å². The normalized spacial score (nSPS) is 18.5. The maximum Gasteiger partial charge on any atom is 0.329 e. The van der Waals surface area contributed by atoms with Crippen molar-refractivity contribution in [2.75, 3.05) is 5.32 Å². The van der Waals surface area contributed by atoms with Crippen LogP contribution in [0.2, 0.25) is 0 Å². The van der Waals surface area contributed by atoms with Crippen LogP contribution in [0.3, 0.4) is 0 Å². The summed E-state index contributed by atoms with van der Waals surface area (Å²) in [6, 6.07) is 1.81. The number of carbonyl (C=O) groups is 1. The third kappa shape index (κ3) is 1.61. The van der Waals surface area contributed by atoms with Crippen molar-refractivity contribution in [1.29, 1.82) is 0 Å². The standard InChI is InChI=1S/C12H14N4O2/c1-12(11(17)18,8-2-3-8)15-10-9-4-5-14-16(9)7-6-13-10/h4-8H,2-3H2,1H3,(H,13,15)(H,17,18). The fraction of sp³-hybridized carbons (Fsp3) is 0.417. The van der Waals surface area contributed by atoms with Gasteiger partial charge >= 0.3 is 5.97 Å². The molecule has 6 heteroatoms. The van der Waals surface area contributed by atoms with Gasteiger partial charge in [0.2, 0.25) is 0 Å². The summed E-state index contributed by atoms with van der Waals surface area (Å²) in [6.07, 6.45) is 6.89. The fourth-order valence-corrected chi connectivity index (χ4v) is 2.19. The molecule has 0 aromatic carbocycles. The summed E-state index contributed by atoms with van der Waals surface area (Å²) >= 11 is 0. The summed E-state index contributed by atoms with van der Waals surface area (Å²) in [5, 5.41) is 16.6. The van der Waals surface area contributed by atoms with Crippen LogP contribution in [0.25, 0.3) is 5.52 Å². The van der Waals surface area contributed by atoms with E-state index in [-0.39, 0.29) is 5.92 Å². The highest BCUT2D eigenvalue weighted by molar-refractivity contribution is 5.85. The van der Waals surface area contributed by atoms with E-state index in [1.54, 1.807) is 30.0 Å². The predicted molar refractivity (Wildman–Crippen MR) is 65.4 cm³/mol. The monoisotopic (exact) mass is 246 g/mol. The zero-order chi connectivity index (χ0) is 12.8. The Bertz CT molecular complexity index is 605. The van der Waals surface area contributed by atoms with E-state index in [2.05, 4.69) is 15.4 Å². The zero-order valence-corrected chi connectivity index (χ0v) is 10.00. The number of hydrogen-bond acceptors (Lipinski definition) is 4. The van der Waals surface area contributed by atoms with Crippen molar-refractivity contribution in [2.45, 2.75) is 25.3 Å². The van der Waals surface area contributed by atoms with E-state index in [4.69, 9.17) is 0 Å². The minimum atomic E-state index is -0.959. The summed E-state index contributed by atoms with van der Waals surface area (Å²) in [5.41, 5.74) is -0.176. The van der Waals surface area contributed by atoms with Gasteiger partial charge in [-0.1, -0.05) is 0 Å². The van der Waals surface area contributed by atoms with Crippen LogP contribution < -0.4 is 5.32 Å². The Hall–Kier alpha value is -2.11. The van der Waals surface area contributed by atoms with Crippen LogP contribution >= 0.6 is 0 Å². The number of carboxylic acid groups (broad SMARTS) is 1. The van der Waals surface area contributed by atoms with Crippen molar-refractivity contribution in [3.05, 3.63) is 24.7 Å². The highest BCUT2D eigenvalue weighted by Crippen LogP contribution is 2.41. The van der Waals surface area contributed by atoms with Gasteiger partial charge in [0.05, 0.1) is 6.20 Å². The molecule has 2 heterocycles. The molecule has 3 rings (SSSR count). The molecule has 0 spiro atoms. The van der Waals surface area contributed by atoms with Gasteiger partial charge in [-0.15, -0.1) is 0 Å². The molecule has 2 N–H and O–H groups in total. The first-order valence-electron chi connectivity index (χ1n) is 5.91. The second-order valence-electron chi connectivity index (χ2n) is 4.84.